The third-order valence-corrected chi connectivity index (χ3v) is 1.83. The molecule has 3 heteroatoms. The van der Waals surface area contributed by atoms with E-state index in [1.54, 1.807) is 0 Å². The molecule has 1 rings (SSSR count). The molecule has 0 aromatic rings. The monoisotopic (exact) mass is 143 g/mol. The van der Waals surface area contributed by atoms with Gasteiger partial charge in [-0.1, -0.05) is 0 Å². The van der Waals surface area contributed by atoms with Gasteiger partial charge in [0.15, 0.2) is 0 Å². The quantitative estimate of drug-likeness (QED) is 0.565. The summed E-state index contributed by atoms with van der Waals surface area (Å²) < 4.78 is 5.18. The number of nitrogens with two attached hydrogens (primary N) is 1. The highest BCUT2D eigenvalue weighted by Gasteiger charge is 2.14. The smallest absolute Gasteiger partial charge is 0.0594 e. The summed E-state index contributed by atoms with van der Waals surface area (Å²) in [4.78, 5) is 2.25. The van der Waals surface area contributed by atoms with Crippen LogP contribution in [0.4, 0.5) is 0 Å². The average Bonchev–Trinajstić information content (AvgIpc) is 2.05. The second kappa shape index (κ2) is 3.91. The first kappa shape index (κ1) is 7.98. The fourth-order valence-electron chi connectivity index (χ4n) is 1.09. The van der Waals surface area contributed by atoms with Crippen LogP contribution in [0, 0.1) is 6.92 Å². The van der Waals surface area contributed by atoms with E-state index in [1.165, 1.54) is 0 Å². The summed E-state index contributed by atoms with van der Waals surface area (Å²) in [5.41, 5.74) is 5.46. The summed E-state index contributed by atoms with van der Waals surface area (Å²) in [6.45, 7) is 8.17. The van der Waals surface area contributed by atoms with Crippen LogP contribution in [0.15, 0.2) is 0 Å². The first-order valence-corrected chi connectivity index (χ1v) is 3.69. The minimum Gasteiger partial charge on any atom is -0.379 e. The molecular formula is C7H15N2O. The number of ether oxygens (including phenoxy) is 1. The van der Waals surface area contributed by atoms with Crippen molar-refractivity contribution in [3.05, 3.63) is 6.92 Å². The van der Waals surface area contributed by atoms with E-state index in [2.05, 4.69) is 11.8 Å². The Hall–Kier alpha value is -0.120. The van der Waals surface area contributed by atoms with Gasteiger partial charge in [-0.25, -0.2) is 0 Å². The van der Waals surface area contributed by atoms with Gasteiger partial charge >= 0.3 is 0 Å². The van der Waals surface area contributed by atoms with Crippen LogP contribution in [-0.4, -0.2) is 43.8 Å². The zero-order valence-electron chi connectivity index (χ0n) is 6.25. The van der Waals surface area contributed by atoms with Crippen molar-refractivity contribution in [2.75, 3.05) is 32.8 Å². The Morgan fingerprint density at radius 3 is 2.60 bits per heavy atom. The van der Waals surface area contributed by atoms with Crippen molar-refractivity contribution in [2.24, 2.45) is 5.73 Å². The average molecular weight is 143 g/mol. The van der Waals surface area contributed by atoms with Gasteiger partial charge in [-0.2, -0.15) is 0 Å². The van der Waals surface area contributed by atoms with Gasteiger partial charge in [0.05, 0.1) is 13.2 Å². The lowest BCUT2D eigenvalue weighted by Gasteiger charge is -2.31. The molecule has 0 amide bonds. The number of rotatable bonds is 2. The normalized spacial score (nSPS) is 24.6. The molecule has 10 heavy (non-hydrogen) atoms. The van der Waals surface area contributed by atoms with Crippen LogP contribution in [0.2, 0.25) is 0 Å². The molecule has 0 spiro atoms. The van der Waals surface area contributed by atoms with E-state index < -0.39 is 0 Å². The maximum Gasteiger partial charge on any atom is 0.0594 e. The van der Waals surface area contributed by atoms with E-state index in [9.17, 15) is 0 Å². The molecule has 0 aromatic carbocycles. The van der Waals surface area contributed by atoms with E-state index in [4.69, 9.17) is 10.5 Å². The highest BCUT2D eigenvalue weighted by atomic mass is 16.5. The molecule has 1 unspecified atom stereocenters. The Kier molecular flexibility index (Phi) is 3.12. The predicted molar refractivity (Wildman–Crippen MR) is 40.6 cm³/mol. The van der Waals surface area contributed by atoms with Crippen molar-refractivity contribution >= 4 is 0 Å². The summed E-state index contributed by atoms with van der Waals surface area (Å²) in [7, 11) is 0. The molecule has 0 aromatic heterocycles. The molecule has 1 atom stereocenters. The van der Waals surface area contributed by atoms with Gasteiger partial charge in [-0.15, -0.1) is 0 Å². The summed E-state index contributed by atoms with van der Waals surface area (Å²) in [6, 6.07) is 0.267. The molecule has 0 aliphatic carbocycles. The summed E-state index contributed by atoms with van der Waals surface area (Å²) >= 11 is 0. The minimum atomic E-state index is 0.267. The molecular weight excluding hydrogens is 128 g/mol. The predicted octanol–water partition coefficient (Wildman–Crippen LogP) is -0.520. The molecule has 59 valence electrons. The van der Waals surface area contributed by atoms with Gasteiger partial charge in [0.1, 0.15) is 0 Å². The third-order valence-electron chi connectivity index (χ3n) is 1.83. The summed E-state index contributed by atoms with van der Waals surface area (Å²) in [5, 5.41) is 0. The number of morpholine rings is 1. The van der Waals surface area contributed by atoms with Crippen LogP contribution in [-0.2, 0) is 4.74 Å². The first-order valence-electron chi connectivity index (χ1n) is 3.69. The number of nitrogens with zero attached hydrogens (tertiary/aromatic N) is 1. The topological polar surface area (TPSA) is 38.5 Å². The highest BCUT2D eigenvalue weighted by Crippen LogP contribution is 2.00. The molecule has 3 nitrogen and oxygen atoms in total. The second-order valence-electron chi connectivity index (χ2n) is 2.54. The zero-order chi connectivity index (χ0) is 7.40. The van der Waals surface area contributed by atoms with E-state index in [0.29, 0.717) is 6.54 Å². The Morgan fingerprint density at radius 1 is 1.50 bits per heavy atom. The van der Waals surface area contributed by atoms with Crippen LogP contribution < -0.4 is 5.73 Å². The van der Waals surface area contributed by atoms with Gasteiger partial charge in [0.2, 0.25) is 0 Å². The highest BCUT2D eigenvalue weighted by molar-refractivity contribution is 4.75. The van der Waals surface area contributed by atoms with E-state index in [0.717, 1.165) is 26.3 Å². The van der Waals surface area contributed by atoms with Crippen molar-refractivity contribution in [3.8, 4) is 0 Å². The Bertz CT molecular complexity index is 91.6. The van der Waals surface area contributed by atoms with E-state index in [1.807, 2.05) is 0 Å². The Balaban J connectivity index is 2.24. The van der Waals surface area contributed by atoms with Crippen LogP contribution in [0.1, 0.15) is 0 Å². The molecule has 1 saturated heterocycles. The molecule has 2 N–H and O–H groups in total. The largest absolute Gasteiger partial charge is 0.379 e. The van der Waals surface area contributed by atoms with Crippen molar-refractivity contribution < 1.29 is 4.74 Å². The van der Waals surface area contributed by atoms with Crippen molar-refractivity contribution in [2.45, 2.75) is 6.04 Å². The molecule has 0 bridgehead atoms. The maximum atomic E-state index is 5.46. The molecule has 0 saturated carbocycles. The minimum absolute atomic E-state index is 0.267. The SMILES string of the molecule is [CH2]C(CN)N1CCOCC1. The third kappa shape index (κ3) is 1.94. The lowest BCUT2D eigenvalue weighted by Crippen LogP contribution is -2.45. The maximum absolute atomic E-state index is 5.46. The van der Waals surface area contributed by atoms with Crippen molar-refractivity contribution in [1.29, 1.82) is 0 Å². The molecule has 1 radical (unpaired) electrons. The molecule has 1 aliphatic heterocycles. The van der Waals surface area contributed by atoms with Gasteiger partial charge in [0, 0.05) is 25.7 Å². The number of hydrogen-bond acceptors (Lipinski definition) is 3. The van der Waals surface area contributed by atoms with Crippen LogP contribution in [0.3, 0.4) is 0 Å². The fraction of sp³-hybridized carbons (Fsp3) is 0.857. The number of hydrogen-bond donors (Lipinski definition) is 1. The van der Waals surface area contributed by atoms with Crippen LogP contribution in [0.5, 0.6) is 0 Å². The Labute approximate surface area is 62.1 Å². The first-order chi connectivity index (χ1) is 4.84. The van der Waals surface area contributed by atoms with Gasteiger partial charge in [-0.3, -0.25) is 4.90 Å². The summed E-state index contributed by atoms with van der Waals surface area (Å²) in [6.07, 6.45) is 0. The van der Waals surface area contributed by atoms with Crippen molar-refractivity contribution in [3.63, 3.8) is 0 Å². The van der Waals surface area contributed by atoms with Gasteiger partial charge in [-0.05, 0) is 6.92 Å². The second-order valence-corrected chi connectivity index (χ2v) is 2.54. The van der Waals surface area contributed by atoms with Crippen LogP contribution >= 0.6 is 0 Å². The molecule has 1 heterocycles. The lowest BCUT2D eigenvalue weighted by atomic mass is 10.2. The zero-order valence-corrected chi connectivity index (χ0v) is 6.25. The lowest BCUT2D eigenvalue weighted by molar-refractivity contribution is 0.0266. The van der Waals surface area contributed by atoms with E-state index >= 15 is 0 Å². The molecule has 1 aliphatic rings. The standard InChI is InChI=1S/C7H15N2O/c1-7(6-8)9-2-4-10-5-3-9/h7H,1-6,8H2. The van der Waals surface area contributed by atoms with Crippen molar-refractivity contribution in [1.82, 2.24) is 4.90 Å². The van der Waals surface area contributed by atoms with Gasteiger partial charge in [0.25, 0.3) is 0 Å². The van der Waals surface area contributed by atoms with E-state index in [-0.39, 0.29) is 6.04 Å². The van der Waals surface area contributed by atoms with Gasteiger partial charge < -0.3 is 10.5 Å². The van der Waals surface area contributed by atoms with Crippen LogP contribution in [0.25, 0.3) is 0 Å². The fourth-order valence-corrected chi connectivity index (χ4v) is 1.09. The Morgan fingerprint density at radius 2 is 2.10 bits per heavy atom. The summed E-state index contributed by atoms with van der Waals surface area (Å²) in [5.74, 6) is 0. The molecule has 1 fully saturated rings.